The predicted molar refractivity (Wildman–Crippen MR) is 120 cm³/mol. The summed E-state index contributed by atoms with van der Waals surface area (Å²) in [5.74, 6) is 0.499. The first-order chi connectivity index (χ1) is 14.7. The van der Waals surface area contributed by atoms with Gasteiger partial charge in [0.25, 0.3) is 0 Å². The molecule has 2 aromatic rings. The number of carbonyl (C=O) groups excluding carboxylic acids is 1. The highest BCUT2D eigenvalue weighted by Crippen LogP contribution is 2.37. The Morgan fingerprint density at radius 2 is 2.00 bits per heavy atom. The number of hydrogen-bond donors (Lipinski definition) is 2. The van der Waals surface area contributed by atoms with Gasteiger partial charge in [-0.3, -0.25) is 9.36 Å². The lowest BCUT2D eigenvalue weighted by Crippen LogP contribution is -2.51. The molecule has 1 saturated heterocycles. The molecular formula is C22H29BrN4O4. The molecule has 1 aliphatic heterocycles. The lowest BCUT2D eigenvalue weighted by molar-refractivity contribution is -0.135. The third-order valence-corrected chi connectivity index (χ3v) is 6.16. The van der Waals surface area contributed by atoms with Crippen molar-refractivity contribution in [3.63, 3.8) is 0 Å². The molecule has 0 radical (unpaired) electrons. The molecule has 1 aromatic carbocycles. The molecule has 2 N–H and O–H groups in total. The van der Waals surface area contributed by atoms with E-state index < -0.39 is 12.1 Å². The van der Waals surface area contributed by atoms with Gasteiger partial charge in [0.15, 0.2) is 0 Å². The molecule has 3 rings (SSSR count). The number of ether oxygens (including phenoxy) is 1. The number of amides is 2. The van der Waals surface area contributed by atoms with Crippen LogP contribution in [0.1, 0.15) is 37.8 Å². The van der Waals surface area contributed by atoms with E-state index in [-0.39, 0.29) is 23.8 Å². The molecule has 1 fully saturated rings. The number of benzene rings is 1. The topological polar surface area (TPSA) is 96.7 Å². The fourth-order valence-corrected chi connectivity index (χ4v) is 4.47. The summed E-state index contributed by atoms with van der Waals surface area (Å²) in [7, 11) is 1.65. The monoisotopic (exact) mass is 492 g/mol. The smallest absolute Gasteiger partial charge is 0.405 e. The molecule has 0 saturated carbocycles. The van der Waals surface area contributed by atoms with E-state index in [2.05, 4.69) is 30.8 Å². The third-order valence-electron chi connectivity index (χ3n) is 5.63. The molecule has 3 unspecified atom stereocenters. The second-order valence-corrected chi connectivity index (χ2v) is 9.22. The highest BCUT2D eigenvalue weighted by Gasteiger charge is 2.42. The van der Waals surface area contributed by atoms with Crippen LogP contribution in [0.5, 0.6) is 0 Å². The summed E-state index contributed by atoms with van der Waals surface area (Å²) < 4.78 is 8.40. The van der Waals surface area contributed by atoms with E-state index in [0.29, 0.717) is 19.6 Å². The summed E-state index contributed by atoms with van der Waals surface area (Å²) in [6.45, 7) is 6.67. The summed E-state index contributed by atoms with van der Waals surface area (Å²) in [5, 5.41) is 11.6. The van der Waals surface area contributed by atoms with Crippen LogP contribution in [0.25, 0.3) is 5.69 Å². The number of nitrogens with zero attached hydrogens (tertiary/aromatic N) is 3. The number of likely N-dealkylation sites (tertiary alicyclic amines) is 1. The first kappa shape index (κ1) is 23.3. The summed E-state index contributed by atoms with van der Waals surface area (Å²) in [6.07, 6.45) is 1.30. The molecule has 1 aliphatic rings. The highest BCUT2D eigenvalue weighted by atomic mass is 79.9. The number of carboxylic acid groups (broad SMARTS) is 1. The quantitative estimate of drug-likeness (QED) is 0.612. The predicted octanol–water partition coefficient (Wildman–Crippen LogP) is 3.77. The fraction of sp³-hybridized carbons (Fsp3) is 0.500. The summed E-state index contributed by atoms with van der Waals surface area (Å²) in [5.41, 5.74) is 1.92. The van der Waals surface area contributed by atoms with Gasteiger partial charge in [0, 0.05) is 41.6 Å². The van der Waals surface area contributed by atoms with Gasteiger partial charge in [0.1, 0.15) is 11.9 Å². The average molecular weight is 493 g/mol. The number of aromatic nitrogens is 2. The Hall–Kier alpha value is -2.39. The lowest BCUT2D eigenvalue weighted by Gasteiger charge is -2.30. The van der Waals surface area contributed by atoms with Crippen LogP contribution < -0.4 is 5.32 Å². The molecule has 168 valence electrons. The van der Waals surface area contributed by atoms with E-state index in [1.807, 2.05) is 45.0 Å². The first-order valence-electron chi connectivity index (χ1n) is 10.3. The number of aryl methyl sites for hydroxylation is 1. The van der Waals surface area contributed by atoms with E-state index in [0.717, 1.165) is 21.7 Å². The maximum Gasteiger partial charge on any atom is 0.405 e. The molecule has 1 aromatic heterocycles. The van der Waals surface area contributed by atoms with Gasteiger partial charge < -0.3 is 20.1 Å². The minimum absolute atomic E-state index is 0.145. The Balaban J connectivity index is 2.00. The van der Waals surface area contributed by atoms with Crippen LogP contribution in [0.15, 0.2) is 34.9 Å². The van der Waals surface area contributed by atoms with Crippen molar-refractivity contribution >= 4 is 27.9 Å². The number of hydrogen-bond acceptors (Lipinski definition) is 4. The van der Waals surface area contributed by atoms with E-state index in [1.165, 1.54) is 0 Å². The Bertz CT molecular complexity index is 928. The van der Waals surface area contributed by atoms with E-state index in [4.69, 9.17) is 4.74 Å². The normalized spacial score (nSPS) is 19.6. The average Bonchev–Trinajstić information content (AvgIpc) is 3.30. The van der Waals surface area contributed by atoms with Crippen LogP contribution in [0, 0.1) is 18.8 Å². The van der Waals surface area contributed by atoms with E-state index in [9.17, 15) is 14.7 Å². The molecule has 3 atom stereocenters. The van der Waals surface area contributed by atoms with Crippen molar-refractivity contribution in [1.82, 2.24) is 19.8 Å². The maximum absolute atomic E-state index is 13.5. The molecule has 9 heteroatoms. The Morgan fingerprint density at radius 3 is 2.58 bits per heavy atom. The molecular weight excluding hydrogens is 464 g/mol. The number of carbonyl (C=O) groups is 2. The molecule has 0 bridgehead atoms. The zero-order valence-electron chi connectivity index (χ0n) is 18.2. The molecule has 2 amide bonds. The van der Waals surface area contributed by atoms with Gasteiger partial charge in [0.05, 0.1) is 12.6 Å². The SMILES string of the molecule is COCC1CC(c2ncc(C)n2-c2ccc(Br)cc2)N(C(=O)C(NC(=O)O)C(C)C)C1. The second-order valence-electron chi connectivity index (χ2n) is 8.30. The number of imidazole rings is 1. The Kier molecular flexibility index (Phi) is 7.38. The van der Waals surface area contributed by atoms with Gasteiger partial charge in [-0.25, -0.2) is 9.78 Å². The number of methoxy groups -OCH3 is 1. The molecule has 2 heterocycles. The van der Waals surface area contributed by atoms with Gasteiger partial charge in [0.2, 0.25) is 5.91 Å². The Morgan fingerprint density at radius 1 is 1.32 bits per heavy atom. The van der Waals surface area contributed by atoms with Crippen molar-refractivity contribution in [3.8, 4) is 5.69 Å². The van der Waals surface area contributed by atoms with Crippen molar-refractivity contribution in [1.29, 1.82) is 0 Å². The van der Waals surface area contributed by atoms with Gasteiger partial charge in [-0.1, -0.05) is 29.8 Å². The van der Waals surface area contributed by atoms with Crippen molar-refractivity contribution in [2.45, 2.75) is 39.3 Å². The zero-order valence-corrected chi connectivity index (χ0v) is 19.8. The van der Waals surface area contributed by atoms with Gasteiger partial charge >= 0.3 is 6.09 Å². The largest absolute Gasteiger partial charge is 0.465 e. The second kappa shape index (κ2) is 9.82. The third kappa shape index (κ3) is 5.10. The van der Waals surface area contributed by atoms with Gasteiger partial charge in [-0.2, -0.15) is 0 Å². The van der Waals surface area contributed by atoms with Crippen LogP contribution in [-0.4, -0.2) is 57.9 Å². The van der Waals surface area contributed by atoms with Crippen LogP contribution >= 0.6 is 15.9 Å². The molecule has 0 spiro atoms. The molecule has 8 nitrogen and oxygen atoms in total. The zero-order chi connectivity index (χ0) is 22.7. The summed E-state index contributed by atoms with van der Waals surface area (Å²) in [6, 6.07) is 6.84. The fourth-order valence-electron chi connectivity index (χ4n) is 4.21. The van der Waals surface area contributed by atoms with E-state index in [1.54, 1.807) is 18.2 Å². The highest BCUT2D eigenvalue weighted by molar-refractivity contribution is 9.10. The van der Waals surface area contributed by atoms with Crippen LogP contribution in [0.4, 0.5) is 4.79 Å². The standard InChI is InChI=1S/C22H29BrN4O4/c1-13(2)19(25-22(29)30)21(28)26-11-15(12-31-4)9-18(26)20-24-10-14(3)27(20)17-7-5-16(23)6-8-17/h5-8,10,13,15,18-19,25H,9,11-12H2,1-4H3,(H,29,30). The molecule has 31 heavy (non-hydrogen) atoms. The number of nitrogens with one attached hydrogen (secondary N) is 1. The van der Waals surface area contributed by atoms with Crippen LogP contribution in [-0.2, 0) is 9.53 Å². The van der Waals surface area contributed by atoms with Gasteiger partial charge in [-0.05, 0) is 43.5 Å². The summed E-state index contributed by atoms with van der Waals surface area (Å²) >= 11 is 3.47. The number of rotatable bonds is 7. The van der Waals surface area contributed by atoms with Crippen molar-refractivity contribution in [2.75, 3.05) is 20.3 Å². The van der Waals surface area contributed by atoms with Crippen molar-refractivity contribution in [2.24, 2.45) is 11.8 Å². The van der Waals surface area contributed by atoms with E-state index >= 15 is 0 Å². The van der Waals surface area contributed by atoms with Crippen LogP contribution in [0.2, 0.25) is 0 Å². The Labute approximate surface area is 190 Å². The van der Waals surface area contributed by atoms with Crippen molar-refractivity contribution < 1.29 is 19.4 Å². The van der Waals surface area contributed by atoms with Crippen LogP contribution in [0.3, 0.4) is 0 Å². The lowest BCUT2D eigenvalue weighted by atomic mass is 10.0. The minimum atomic E-state index is -1.21. The van der Waals surface area contributed by atoms with Crippen molar-refractivity contribution in [3.05, 3.63) is 46.5 Å². The summed E-state index contributed by atoms with van der Waals surface area (Å²) in [4.78, 5) is 31.2. The molecule has 0 aliphatic carbocycles. The number of halogens is 1. The van der Waals surface area contributed by atoms with Gasteiger partial charge in [-0.15, -0.1) is 0 Å². The minimum Gasteiger partial charge on any atom is -0.465 e. The first-order valence-corrected chi connectivity index (χ1v) is 11.1. The maximum atomic E-state index is 13.5.